The van der Waals surface area contributed by atoms with Gasteiger partial charge in [-0.25, -0.2) is 4.79 Å². The number of halogens is 1. The SMILES string of the molecule is COC(=O)NC(=O)CI. The predicted octanol–water partition coefficient (Wildman–Crippen LogP) is 0.304. The Morgan fingerprint density at radius 3 is 2.56 bits per heavy atom. The zero-order chi connectivity index (χ0) is 7.28. The standard InChI is InChI=1S/C4H6INO3/c1-9-4(8)6-3(7)2-5/h2H2,1H3,(H,6,7,8). The molecule has 0 aromatic carbocycles. The maximum absolute atomic E-state index is 10.4. The van der Waals surface area contributed by atoms with E-state index in [-0.39, 0.29) is 10.3 Å². The van der Waals surface area contributed by atoms with Crippen molar-refractivity contribution in [2.75, 3.05) is 11.5 Å². The average Bonchev–Trinajstić information content (AvgIpc) is 1.87. The molecule has 1 N–H and O–H groups in total. The number of alkyl halides is 1. The van der Waals surface area contributed by atoms with Gasteiger partial charge in [-0.05, 0) is 0 Å². The lowest BCUT2D eigenvalue weighted by Gasteiger charge is -1.96. The third kappa shape index (κ3) is 4.19. The highest BCUT2D eigenvalue weighted by Gasteiger charge is 2.02. The van der Waals surface area contributed by atoms with E-state index in [0.717, 1.165) is 0 Å². The highest BCUT2D eigenvalue weighted by molar-refractivity contribution is 14.1. The number of ether oxygens (including phenoxy) is 1. The molecule has 0 fully saturated rings. The molecule has 0 atom stereocenters. The summed E-state index contributed by atoms with van der Waals surface area (Å²) in [4.78, 5) is 20.6. The highest BCUT2D eigenvalue weighted by Crippen LogP contribution is 1.80. The minimum Gasteiger partial charge on any atom is -0.453 e. The van der Waals surface area contributed by atoms with Gasteiger partial charge in [0.25, 0.3) is 0 Å². The zero-order valence-electron chi connectivity index (χ0n) is 4.81. The highest BCUT2D eigenvalue weighted by atomic mass is 127. The van der Waals surface area contributed by atoms with Crippen LogP contribution in [0.5, 0.6) is 0 Å². The number of nitrogens with one attached hydrogen (secondary N) is 1. The number of methoxy groups -OCH3 is 1. The van der Waals surface area contributed by atoms with Gasteiger partial charge in [0.2, 0.25) is 5.91 Å². The van der Waals surface area contributed by atoms with Crippen LogP contribution in [0.15, 0.2) is 0 Å². The lowest BCUT2D eigenvalue weighted by atomic mass is 10.7. The Balaban J connectivity index is 3.47. The molecule has 52 valence electrons. The topological polar surface area (TPSA) is 55.4 Å². The summed E-state index contributed by atoms with van der Waals surface area (Å²) in [5.41, 5.74) is 0. The summed E-state index contributed by atoms with van der Waals surface area (Å²) in [5, 5.41) is 1.97. The van der Waals surface area contributed by atoms with Gasteiger partial charge in [-0.2, -0.15) is 0 Å². The maximum Gasteiger partial charge on any atom is 0.413 e. The molecule has 0 aliphatic heterocycles. The van der Waals surface area contributed by atoms with E-state index in [4.69, 9.17) is 0 Å². The fourth-order valence-electron chi connectivity index (χ4n) is 0.198. The summed E-state index contributed by atoms with van der Waals surface area (Å²) in [6.45, 7) is 0. The molecule has 5 heteroatoms. The largest absolute Gasteiger partial charge is 0.453 e. The van der Waals surface area contributed by atoms with Gasteiger partial charge in [0.15, 0.2) is 0 Å². The first-order valence-electron chi connectivity index (χ1n) is 2.14. The quantitative estimate of drug-likeness (QED) is 0.532. The van der Waals surface area contributed by atoms with Gasteiger partial charge in [0.05, 0.1) is 11.5 Å². The van der Waals surface area contributed by atoms with E-state index in [1.807, 2.05) is 27.9 Å². The van der Waals surface area contributed by atoms with E-state index in [0.29, 0.717) is 0 Å². The molecule has 4 nitrogen and oxygen atoms in total. The molecule has 0 saturated heterocycles. The van der Waals surface area contributed by atoms with Crippen molar-refractivity contribution in [3.8, 4) is 0 Å². The second-order valence-corrected chi connectivity index (χ2v) is 1.94. The van der Waals surface area contributed by atoms with Crippen molar-refractivity contribution in [3.05, 3.63) is 0 Å². The van der Waals surface area contributed by atoms with E-state index >= 15 is 0 Å². The summed E-state index contributed by atoms with van der Waals surface area (Å²) in [7, 11) is 1.20. The monoisotopic (exact) mass is 243 g/mol. The summed E-state index contributed by atoms with van der Waals surface area (Å²) < 4.78 is 4.41. The molecule has 0 aliphatic rings. The summed E-state index contributed by atoms with van der Waals surface area (Å²) in [6.07, 6.45) is -0.711. The molecule has 0 aromatic heterocycles. The second kappa shape index (κ2) is 4.54. The van der Waals surface area contributed by atoms with Crippen LogP contribution in [0.2, 0.25) is 0 Å². The third-order valence-electron chi connectivity index (χ3n) is 0.548. The van der Waals surface area contributed by atoms with Crippen LogP contribution in [0.4, 0.5) is 4.79 Å². The number of alkyl carbamates (subject to hydrolysis) is 1. The molecule has 0 unspecified atom stereocenters. The summed E-state index contributed by atoms with van der Waals surface area (Å²) in [5.74, 6) is -0.345. The smallest absolute Gasteiger partial charge is 0.413 e. The van der Waals surface area contributed by atoms with Crippen molar-refractivity contribution < 1.29 is 14.3 Å². The van der Waals surface area contributed by atoms with Gasteiger partial charge in [-0.1, -0.05) is 22.6 Å². The number of imide groups is 1. The van der Waals surface area contributed by atoms with E-state index in [9.17, 15) is 9.59 Å². The minimum absolute atomic E-state index is 0.257. The van der Waals surface area contributed by atoms with Gasteiger partial charge in [0, 0.05) is 0 Å². The van der Waals surface area contributed by atoms with Crippen LogP contribution in [0.1, 0.15) is 0 Å². The molecule has 0 spiro atoms. The van der Waals surface area contributed by atoms with Crippen LogP contribution in [0.3, 0.4) is 0 Å². The zero-order valence-corrected chi connectivity index (χ0v) is 6.97. The fraction of sp³-hybridized carbons (Fsp3) is 0.500. The predicted molar refractivity (Wildman–Crippen MR) is 39.4 cm³/mol. The van der Waals surface area contributed by atoms with E-state index in [1.165, 1.54) is 7.11 Å². The first kappa shape index (κ1) is 8.67. The Kier molecular flexibility index (Phi) is 4.37. The van der Waals surface area contributed by atoms with Crippen molar-refractivity contribution in [1.29, 1.82) is 0 Å². The first-order valence-corrected chi connectivity index (χ1v) is 3.67. The normalized spacial score (nSPS) is 8.22. The van der Waals surface area contributed by atoms with Crippen molar-refractivity contribution in [2.45, 2.75) is 0 Å². The second-order valence-electron chi connectivity index (χ2n) is 1.17. The molecule has 0 saturated carbocycles. The lowest BCUT2D eigenvalue weighted by molar-refractivity contribution is -0.117. The molecule has 0 rings (SSSR count). The Labute approximate surface area is 66.1 Å². The fourth-order valence-corrected chi connectivity index (χ4v) is 0.389. The number of amides is 2. The van der Waals surface area contributed by atoms with Crippen LogP contribution < -0.4 is 5.32 Å². The Morgan fingerprint density at radius 2 is 2.22 bits per heavy atom. The van der Waals surface area contributed by atoms with Crippen molar-refractivity contribution in [1.82, 2.24) is 5.32 Å². The number of carbonyl (C=O) groups excluding carboxylic acids is 2. The van der Waals surface area contributed by atoms with Crippen LogP contribution in [0, 0.1) is 0 Å². The number of carbonyl (C=O) groups is 2. The first-order chi connectivity index (χ1) is 4.20. The summed E-state index contributed by atoms with van der Waals surface area (Å²) in [6, 6.07) is 0. The minimum atomic E-state index is -0.711. The van der Waals surface area contributed by atoms with Crippen LogP contribution in [-0.4, -0.2) is 23.5 Å². The number of hydrogen-bond donors (Lipinski definition) is 1. The molecule has 0 heterocycles. The van der Waals surface area contributed by atoms with E-state index in [2.05, 4.69) is 4.74 Å². The van der Waals surface area contributed by atoms with Crippen molar-refractivity contribution in [3.63, 3.8) is 0 Å². The van der Waals surface area contributed by atoms with Gasteiger partial charge < -0.3 is 4.74 Å². The number of rotatable bonds is 1. The molecule has 9 heavy (non-hydrogen) atoms. The van der Waals surface area contributed by atoms with Gasteiger partial charge >= 0.3 is 6.09 Å². The molecular weight excluding hydrogens is 237 g/mol. The van der Waals surface area contributed by atoms with Crippen LogP contribution in [-0.2, 0) is 9.53 Å². The van der Waals surface area contributed by atoms with Gasteiger partial charge in [-0.3, -0.25) is 10.1 Å². The maximum atomic E-state index is 10.4. The van der Waals surface area contributed by atoms with E-state index in [1.54, 1.807) is 0 Å². The molecule has 0 radical (unpaired) electrons. The Morgan fingerprint density at radius 1 is 1.67 bits per heavy atom. The van der Waals surface area contributed by atoms with Gasteiger partial charge in [-0.15, -0.1) is 0 Å². The van der Waals surface area contributed by atoms with Crippen LogP contribution >= 0.6 is 22.6 Å². The molecular formula is C4H6INO3. The average molecular weight is 243 g/mol. The third-order valence-corrected chi connectivity index (χ3v) is 1.24. The molecule has 0 aromatic rings. The Bertz CT molecular complexity index is 111. The van der Waals surface area contributed by atoms with Crippen molar-refractivity contribution in [2.24, 2.45) is 0 Å². The molecule has 0 bridgehead atoms. The molecule has 2 amide bonds. The number of hydrogen-bond acceptors (Lipinski definition) is 3. The van der Waals surface area contributed by atoms with Gasteiger partial charge in [0.1, 0.15) is 0 Å². The van der Waals surface area contributed by atoms with Crippen LogP contribution in [0.25, 0.3) is 0 Å². The Hall–Kier alpha value is -0.330. The van der Waals surface area contributed by atoms with E-state index < -0.39 is 6.09 Å². The lowest BCUT2D eigenvalue weighted by Crippen LogP contribution is -2.30. The van der Waals surface area contributed by atoms with Crippen molar-refractivity contribution >= 4 is 34.6 Å². The summed E-state index contributed by atoms with van der Waals surface area (Å²) >= 11 is 1.84. The molecule has 0 aliphatic carbocycles.